The van der Waals surface area contributed by atoms with Crippen molar-refractivity contribution in [2.75, 3.05) is 26.4 Å². The summed E-state index contributed by atoms with van der Waals surface area (Å²) < 4.78 is 19.7. The van der Waals surface area contributed by atoms with Crippen LogP contribution < -0.4 is 0 Å². The first-order valence-corrected chi connectivity index (χ1v) is 18.4. The van der Waals surface area contributed by atoms with E-state index < -0.39 is 5.60 Å². The van der Waals surface area contributed by atoms with Crippen LogP contribution in [0.3, 0.4) is 0 Å². The molecular weight excluding hydrogens is 564 g/mol. The molecular formula is C43H62O3. The molecule has 0 unspecified atom stereocenters. The van der Waals surface area contributed by atoms with E-state index in [2.05, 4.69) is 104 Å². The molecule has 0 fully saturated rings. The summed E-state index contributed by atoms with van der Waals surface area (Å²) in [5.74, 6) is 0. The smallest absolute Gasteiger partial charge is 0.143 e. The molecule has 0 bridgehead atoms. The van der Waals surface area contributed by atoms with Gasteiger partial charge in [0.15, 0.2) is 0 Å². The van der Waals surface area contributed by atoms with Crippen LogP contribution in [0.4, 0.5) is 0 Å². The normalized spacial score (nSPS) is 12.3. The van der Waals surface area contributed by atoms with Gasteiger partial charge in [-0.1, -0.05) is 187 Å². The Balaban J connectivity index is 1.49. The van der Waals surface area contributed by atoms with Crippen LogP contribution in [0.25, 0.3) is 0 Å². The largest absolute Gasteiger partial charge is 0.379 e. The maximum atomic E-state index is 7.06. The molecule has 0 spiro atoms. The van der Waals surface area contributed by atoms with Gasteiger partial charge in [0.25, 0.3) is 0 Å². The molecule has 0 radical (unpaired) electrons. The van der Waals surface area contributed by atoms with Crippen LogP contribution in [0.1, 0.15) is 126 Å². The molecule has 3 nitrogen and oxygen atoms in total. The van der Waals surface area contributed by atoms with Crippen LogP contribution in [0, 0.1) is 0 Å². The molecule has 0 aliphatic heterocycles. The fourth-order valence-electron chi connectivity index (χ4n) is 6.22. The van der Waals surface area contributed by atoms with Gasteiger partial charge in [0, 0.05) is 13.2 Å². The molecule has 3 aromatic rings. The topological polar surface area (TPSA) is 27.7 Å². The second-order valence-electron chi connectivity index (χ2n) is 12.7. The van der Waals surface area contributed by atoms with Crippen LogP contribution in [-0.2, 0) is 19.8 Å². The van der Waals surface area contributed by atoms with Crippen molar-refractivity contribution in [3.63, 3.8) is 0 Å². The van der Waals surface area contributed by atoms with E-state index in [1.54, 1.807) is 0 Å². The Morgan fingerprint density at radius 2 is 0.978 bits per heavy atom. The third-order valence-corrected chi connectivity index (χ3v) is 8.88. The minimum Gasteiger partial charge on any atom is -0.379 e. The van der Waals surface area contributed by atoms with Crippen LogP contribution in [0.15, 0.2) is 104 Å². The molecule has 3 rings (SSSR count). The van der Waals surface area contributed by atoms with Crippen molar-refractivity contribution in [1.29, 1.82) is 0 Å². The third kappa shape index (κ3) is 14.0. The van der Waals surface area contributed by atoms with Crippen LogP contribution in [0.5, 0.6) is 0 Å². The van der Waals surface area contributed by atoms with Crippen molar-refractivity contribution < 1.29 is 14.2 Å². The number of benzene rings is 3. The molecule has 3 aromatic carbocycles. The Bertz CT molecular complexity index is 1020. The summed E-state index contributed by atoms with van der Waals surface area (Å²) in [5, 5.41) is 0. The van der Waals surface area contributed by atoms with Crippen LogP contribution in [0.2, 0.25) is 0 Å². The monoisotopic (exact) mass is 626 g/mol. The Labute approximate surface area is 281 Å². The summed E-state index contributed by atoms with van der Waals surface area (Å²) in [6.45, 7) is 8.54. The summed E-state index contributed by atoms with van der Waals surface area (Å²) in [7, 11) is 0. The quantitative estimate of drug-likeness (QED) is 0.0456. The highest BCUT2D eigenvalue weighted by molar-refractivity contribution is 5.47. The first-order chi connectivity index (χ1) is 22.8. The van der Waals surface area contributed by atoms with Gasteiger partial charge in [0.05, 0.1) is 13.2 Å². The van der Waals surface area contributed by atoms with Gasteiger partial charge in [-0.2, -0.15) is 0 Å². The molecule has 0 saturated carbocycles. The molecule has 0 saturated heterocycles. The van der Waals surface area contributed by atoms with Crippen molar-refractivity contribution in [2.45, 2.75) is 121 Å². The summed E-state index contributed by atoms with van der Waals surface area (Å²) in [6.07, 6.45) is 22.7. The van der Waals surface area contributed by atoms with Crippen LogP contribution in [-0.4, -0.2) is 32.5 Å². The minimum atomic E-state index is -0.763. The van der Waals surface area contributed by atoms with Crippen LogP contribution >= 0.6 is 0 Å². The lowest BCUT2D eigenvalue weighted by Crippen LogP contribution is -2.37. The van der Waals surface area contributed by atoms with E-state index >= 15 is 0 Å². The summed E-state index contributed by atoms with van der Waals surface area (Å²) in [5.41, 5.74) is 2.53. The first-order valence-electron chi connectivity index (χ1n) is 18.4. The second-order valence-corrected chi connectivity index (χ2v) is 12.7. The maximum Gasteiger partial charge on any atom is 0.143 e. The van der Waals surface area contributed by atoms with Gasteiger partial charge in [-0.25, -0.2) is 0 Å². The number of unbranched alkanes of at least 4 members (excludes halogenated alkanes) is 14. The van der Waals surface area contributed by atoms with Gasteiger partial charge in [0.2, 0.25) is 0 Å². The van der Waals surface area contributed by atoms with Gasteiger partial charge < -0.3 is 14.2 Å². The molecule has 0 aliphatic carbocycles. The van der Waals surface area contributed by atoms with Gasteiger partial charge in [-0.3, -0.25) is 0 Å². The zero-order valence-electron chi connectivity index (χ0n) is 28.9. The van der Waals surface area contributed by atoms with E-state index in [0.29, 0.717) is 19.8 Å². The van der Waals surface area contributed by atoms with Gasteiger partial charge in [-0.05, 0) is 36.0 Å². The molecule has 252 valence electrons. The van der Waals surface area contributed by atoms with Gasteiger partial charge in [-0.15, -0.1) is 6.58 Å². The van der Waals surface area contributed by atoms with E-state index in [0.717, 1.165) is 42.6 Å². The van der Waals surface area contributed by atoms with Crippen molar-refractivity contribution in [1.82, 2.24) is 0 Å². The molecule has 0 amide bonds. The Morgan fingerprint density at radius 3 is 1.41 bits per heavy atom. The van der Waals surface area contributed by atoms with Crippen molar-refractivity contribution >= 4 is 0 Å². The average Bonchev–Trinajstić information content (AvgIpc) is 3.11. The SMILES string of the molecule is C=CCCCO[C@H](COCCCCCCCCCCCCCCCC)COC(c1ccccc1)(c1ccccc1)c1ccccc1. The highest BCUT2D eigenvalue weighted by Crippen LogP contribution is 2.40. The predicted octanol–water partition coefficient (Wildman–Crippen LogP) is 11.8. The Kier molecular flexibility index (Phi) is 20.1. The van der Waals surface area contributed by atoms with Gasteiger partial charge >= 0.3 is 0 Å². The summed E-state index contributed by atoms with van der Waals surface area (Å²) >= 11 is 0. The van der Waals surface area contributed by atoms with Crippen molar-refractivity contribution in [2.24, 2.45) is 0 Å². The second kappa shape index (κ2) is 24.5. The molecule has 0 aliphatic rings. The number of rotatable bonds is 28. The minimum absolute atomic E-state index is 0.160. The summed E-state index contributed by atoms with van der Waals surface area (Å²) in [4.78, 5) is 0. The number of hydrogen-bond donors (Lipinski definition) is 0. The lowest BCUT2D eigenvalue weighted by molar-refractivity contribution is -0.0920. The average molecular weight is 627 g/mol. The summed E-state index contributed by atoms with van der Waals surface area (Å²) in [6, 6.07) is 31.6. The zero-order valence-corrected chi connectivity index (χ0v) is 28.9. The maximum absolute atomic E-state index is 7.06. The third-order valence-electron chi connectivity index (χ3n) is 8.88. The van der Waals surface area contributed by atoms with E-state index in [9.17, 15) is 0 Å². The molecule has 3 heteroatoms. The lowest BCUT2D eigenvalue weighted by Gasteiger charge is -2.37. The molecule has 1 atom stereocenters. The van der Waals surface area contributed by atoms with E-state index in [4.69, 9.17) is 14.2 Å². The first kappa shape index (κ1) is 37.7. The van der Waals surface area contributed by atoms with Gasteiger partial charge in [0.1, 0.15) is 11.7 Å². The van der Waals surface area contributed by atoms with E-state index in [-0.39, 0.29) is 6.10 Å². The van der Waals surface area contributed by atoms with Crippen molar-refractivity contribution in [3.05, 3.63) is 120 Å². The predicted molar refractivity (Wildman–Crippen MR) is 195 cm³/mol. The zero-order chi connectivity index (χ0) is 32.4. The van der Waals surface area contributed by atoms with E-state index in [1.807, 2.05) is 6.08 Å². The molecule has 0 N–H and O–H groups in total. The van der Waals surface area contributed by atoms with Crippen molar-refractivity contribution in [3.8, 4) is 0 Å². The highest BCUT2D eigenvalue weighted by atomic mass is 16.6. The number of hydrogen-bond acceptors (Lipinski definition) is 3. The van der Waals surface area contributed by atoms with E-state index in [1.165, 1.54) is 83.5 Å². The molecule has 0 aromatic heterocycles. The fraction of sp³-hybridized carbons (Fsp3) is 0.535. The Morgan fingerprint density at radius 1 is 0.543 bits per heavy atom. The number of ether oxygens (including phenoxy) is 3. The lowest BCUT2D eigenvalue weighted by atomic mass is 9.80. The molecule has 0 heterocycles. The standard InChI is InChI=1S/C43H62O3/c1-3-5-7-8-9-10-11-12-13-14-15-16-17-28-35-44-37-42(45-36-27-6-4-2)38-46-43(39-29-21-18-22-30-39,40-31-23-19-24-32-40)41-33-25-20-26-34-41/h4,18-26,29-34,42H,2-3,5-17,27-28,35-38H2,1H3/t42-/m1/s1. The molecule has 46 heavy (non-hydrogen) atoms. The number of allylic oxidation sites excluding steroid dienone is 1. The Hall–Kier alpha value is -2.72. The fourth-order valence-corrected chi connectivity index (χ4v) is 6.22. The highest BCUT2D eigenvalue weighted by Gasteiger charge is 2.38.